The van der Waals surface area contributed by atoms with Crippen molar-refractivity contribution in [2.24, 2.45) is 0 Å². The van der Waals surface area contributed by atoms with Crippen LogP contribution in [-0.4, -0.2) is 18.1 Å². The van der Waals surface area contributed by atoms with Gasteiger partial charge >= 0.3 is 0 Å². The fourth-order valence-corrected chi connectivity index (χ4v) is 2.61. The first-order valence-corrected chi connectivity index (χ1v) is 8.15. The van der Waals surface area contributed by atoms with Crippen LogP contribution in [-0.2, 0) is 4.79 Å². The molecule has 3 aromatic rings. The third kappa shape index (κ3) is 3.99. The molecule has 0 unspecified atom stereocenters. The van der Waals surface area contributed by atoms with Gasteiger partial charge in [-0.2, -0.15) is 5.26 Å². The Balaban J connectivity index is 1.82. The van der Waals surface area contributed by atoms with Crippen molar-refractivity contribution in [3.8, 4) is 17.6 Å². The van der Waals surface area contributed by atoms with Gasteiger partial charge in [-0.1, -0.05) is 30.3 Å². The van der Waals surface area contributed by atoms with Crippen LogP contribution < -0.4 is 15.4 Å². The van der Waals surface area contributed by atoms with E-state index in [0.29, 0.717) is 27.9 Å². The zero-order valence-corrected chi connectivity index (χ0v) is 14.6. The van der Waals surface area contributed by atoms with Crippen molar-refractivity contribution >= 4 is 28.1 Å². The third-order valence-electron chi connectivity index (χ3n) is 3.97. The number of aromatic hydroxyl groups is 1. The van der Waals surface area contributed by atoms with Crippen LogP contribution in [0, 0.1) is 11.3 Å². The maximum absolute atomic E-state index is 12.5. The van der Waals surface area contributed by atoms with Gasteiger partial charge < -0.3 is 20.5 Å². The van der Waals surface area contributed by atoms with Gasteiger partial charge in [0.05, 0.1) is 7.11 Å². The van der Waals surface area contributed by atoms with Crippen LogP contribution in [0.3, 0.4) is 0 Å². The van der Waals surface area contributed by atoms with E-state index in [1.807, 2.05) is 6.07 Å². The summed E-state index contributed by atoms with van der Waals surface area (Å²) in [6.45, 7) is 0. The summed E-state index contributed by atoms with van der Waals surface area (Å²) in [6, 6.07) is 19.3. The SMILES string of the molecule is COc1cccc(N/C=C(/C#N)C(=O)Nc2cccc3c(O)cccc23)c1. The number of hydrogen-bond acceptors (Lipinski definition) is 5. The average Bonchev–Trinajstić information content (AvgIpc) is 2.69. The highest BCUT2D eigenvalue weighted by Crippen LogP contribution is 2.30. The number of benzene rings is 3. The molecule has 0 aliphatic heterocycles. The highest BCUT2D eigenvalue weighted by Gasteiger charge is 2.12. The molecule has 0 saturated carbocycles. The van der Waals surface area contributed by atoms with E-state index in [2.05, 4.69) is 10.6 Å². The Hall–Kier alpha value is -3.98. The standard InChI is InChI=1S/C21H17N3O3/c1-27-16-6-2-5-15(11-16)23-13-14(12-22)21(26)24-19-9-3-8-18-17(19)7-4-10-20(18)25/h2-11,13,23,25H,1H3,(H,24,26)/b14-13-. The van der Waals surface area contributed by atoms with E-state index in [0.717, 1.165) is 0 Å². The predicted molar refractivity (Wildman–Crippen MR) is 105 cm³/mol. The zero-order valence-electron chi connectivity index (χ0n) is 14.6. The van der Waals surface area contributed by atoms with Crippen LogP contribution in [0.2, 0.25) is 0 Å². The molecule has 3 rings (SSSR count). The van der Waals surface area contributed by atoms with E-state index < -0.39 is 5.91 Å². The van der Waals surface area contributed by atoms with Crippen LogP contribution in [0.15, 0.2) is 72.4 Å². The zero-order chi connectivity index (χ0) is 19.2. The molecule has 0 heterocycles. The van der Waals surface area contributed by atoms with E-state index >= 15 is 0 Å². The number of ether oxygens (including phenoxy) is 1. The molecule has 0 bridgehead atoms. The Labute approximate surface area is 156 Å². The second kappa shape index (κ2) is 7.93. The van der Waals surface area contributed by atoms with Crippen LogP contribution in [0.5, 0.6) is 11.5 Å². The number of carbonyl (C=O) groups is 1. The molecule has 134 valence electrons. The highest BCUT2D eigenvalue weighted by molar-refractivity contribution is 6.11. The van der Waals surface area contributed by atoms with Crippen LogP contribution in [0.4, 0.5) is 11.4 Å². The molecule has 0 fully saturated rings. The molecule has 0 saturated heterocycles. The summed E-state index contributed by atoms with van der Waals surface area (Å²) < 4.78 is 5.14. The van der Waals surface area contributed by atoms with Gasteiger partial charge in [-0.3, -0.25) is 4.79 Å². The lowest BCUT2D eigenvalue weighted by atomic mass is 10.1. The Morgan fingerprint density at radius 2 is 1.85 bits per heavy atom. The lowest BCUT2D eigenvalue weighted by molar-refractivity contribution is -0.112. The topological polar surface area (TPSA) is 94.4 Å². The number of nitrogens with one attached hydrogen (secondary N) is 2. The van der Waals surface area contributed by atoms with Gasteiger partial charge in [-0.05, 0) is 24.3 Å². The molecule has 6 nitrogen and oxygen atoms in total. The van der Waals surface area contributed by atoms with Gasteiger partial charge in [0.15, 0.2) is 0 Å². The molecule has 1 amide bonds. The summed E-state index contributed by atoms with van der Waals surface area (Å²) in [5.74, 6) is 0.231. The number of carbonyl (C=O) groups excluding carboxylic acids is 1. The normalized spacial score (nSPS) is 10.9. The number of phenols is 1. The predicted octanol–water partition coefficient (Wildman–Crippen LogP) is 4.01. The lowest BCUT2D eigenvalue weighted by Gasteiger charge is -2.09. The molecular weight excluding hydrogens is 342 g/mol. The van der Waals surface area contributed by atoms with Crippen molar-refractivity contribution in [2.45, 2.75) is 0 Å². The Morgan fingerprint density at radius 3 is 2.63 bits per heavy atom. The summed E-state index contributed by atoms with van der Waals surface area (Å²) in [4.78, 5) is 12.5. The summed E-state index contributed by atoms with van der Waals surface area (Å²) in [7, 11) is 1.56. The highest BCUT2D eigenvalue weighted by atomic mass is 16.5. The van der Waals surface area contributed by atoms with Crippen molar-refractivity contribution in [3.05, 3.63) is 72.4 Å². The number of fused-ring (bicyclic) bond motifs is 1. The maximum Gasteiger partial charge on any atom is 0.267 e. The van der Waals surface area contributed by atoms with Crippen molar-refractivity contribution < 1.29 is 14.6 Å². The first-order chi connectivity index (χ1) is 13.1. The Kier molecular flexibility index (Phi) is 5.24. The number of rotatable bonds is 5. The number of hydrogen-bond donors (Lipinski definition) is 3. The summed E-state index contributed by atoms with van der Waals surface area (Å²) in [5.41, 5.74) is 1.11. The second-order valence-corrected chi connectivity index (χ2v) is 5.68. The Bertz CT molecular complexity index is 1070. The quantitative estimate of drug-likeness (QED) is 0.473. The van der Waals surface area contributed by atoms with Crippen LogP contribution in [0.25, 0.3) is 10.8 Å². The van der Waals surface area contributed by atoms with Gasteiger partial charge in [0.1, 0.15) is 23.1 Å². The lowest BCUT2D eigenvalue weighted by Crippen LogP contribution is -2.14. The third-order valence-corrected chi connectivity index (χ3v) is 3.97. The molecule has 6 heteroatoms. The minimum absolute atomic E-state index is 0.0880. The minimum atomic E-state index is -0.552. The molecule has 3 aromatic carbocycles. The first kappa shape index (κ1) is 17.8. The van der Waals surface area contributed by atoms with Crippen molar-refractivity contribution in [2.75, 3.05) is 17.7 Å². The number of anilines is 2. The first-order valence-electron chi connectivity index (χ1n) is 8.15. The molecular formula is C21H17N3O3. The van der Waals surface area contributed by atoms with E-state index in [1.165, 1.54) is 6.20 Å². The van der Waals surface area contributed by atoms with Crippen molar-refractivity contribution in [1.29, 1.82) is 5.26 Å². The van der Waals surface area contributed by atoms with Crippen LogP contribution >= 0.6 is 0 Å². The number of amides is 1. The molecule has 0 spiro atoms. The molecule has 0 radical (unpaired) electrons. The van der Waals surface area contributed by atoms with Gasteiger partial charge in [-0.25, -0.2) is 0 Å². The monoisotopic (exact) mass is 359 g/mol. The number of nitrogens with zero attached hydrogens (tertiary/aromatic N) is 1. The van der Waals surface area contributed by atoms with Crippen LogP contribution in [0.1, 0.15) is 0 Å². The van der Waals surface area contributed by atoms with Gasteiger partial charge in [0.2, 0.25) is 0 Å². The van der Waals surface area contributed by atoms with Crippen molar-refractivity contribution in [1.82, 2.24) is 0 Å². The fraction of sp³-hybridized carbons (Fsp3) is 0.0476. The summed E-state index contributed by atoms with van der Waals surface area (Å²) in [6.07, 6.45) is 1.34. The van der Waals surface area contributed by atoms with E-state index in [-0.39, 0.29) is 11.3 Å². The minimum Gasteiger partial charge on any atom is -0.507 e. The van der Waals surface area contributed by atoms with Gasteiger partial charge in [0, 0.05) is 34.4 Å². The second-order valence-electron chi connectivity index (χ2n) is 5.68. The molecule has 0 aliphatic carbocycles. The largest absolute Gasteiger partial charge is 0.507 e. The fourth-order valence-electron chi connectivity index (χ4n) is 2.61. The molecule has 0 atom stereocenters. The van der Waals surface area contributed by atoms with Gasteiger partial charge in [-0.15, -0.1) is 0 Å². The molecule has 3 N–H and O–H groups in total. The van der Waals surface area contributed by atoms with E-state index in [1.54, 1.807) is 67.8 Å². The molecule has 0 aromatic heterocycles. The number of methoxy groups -OCH3 is 1. The summed E-state index contributed by atoms with van der Waals surface area (Å²) >= 11 is 0. The summed E-state index contributed by atoms with van der Waals surface area (Å²) in [5, 5.41) is 26.2. The average molecular weight is 359 g/mol. The molecule has 0 aliphatic rings. The smallest absolute Gasteiger partial charge is 0.267 e. The van der Waals surface area contributed by atoms with E-state index in [4.69, 9.17) is 4.74 Å². The maximum atomic E-state index is 12.5. The van der Waals surface area contributed by atoms with Gasteiger partial charge in [0.25, 0.3) is 5.91 Å². The Morgan fingerprint density at radius 1 is 1.11 bits per heavy atom. The number of nitriles is 1. The molecule has 27 heavy (non-hydrogen) atoms. The number of phenolic OH excluding ortho intramolecular Hbond substituents is 1. The van der Waals surface area contributed by atoms with Crippen molar-refractivity contribution in [3.63, 3.8) is 0 Å². The van der Waals surface area contributed by atoms with E-state index in [9.17, 15) is 15.2 Å².